The molecule has 0 saturated carbocycles. The molecule has 1 fully saturated rings. The minimum atomic E-state index is -4.10. The molecule has 1 saturated heterocycles. The molecular formula is C10H15NO3. The molecule has 14 heavy (non-hydrogen) atoms. The third kappa shape index (κ3) is 1.64. The summed E-state index contributed by atoms with van der Waals surface area (Å²) in [6.07, 6.45) is -4.04. The number of allylic oxidation sites excluding steroid dienone is 1. The highest BCUT2D eigenvalue weighted by Crippen LogP contribution is 2.20. The zero-order valence-corrected chi connectivity index (χ0v) is 6.76. The van der Waals surface area contributed by atoms with Crippen LogP contribution < -0.4 is 5.32 Å². The molecule has 0 aromatic carbocycles. The van der Waals surface area contributed by atoms with Crippen LogP contribution >= 0.6 is 0 Å². The van der Waals surface area contributed by atoms with Crippen LogP contribution in [0.5, 0.6) is 0 Å². The van der Waals surface area contributed by atoms with Crippen molar-refractivity contribution in [3.05, 3.63) is 11.3 Å². The number of aliphatic hydroxyl groups excluding tert-OH is 1. The molecule has 0 spiro atoms. The average molecular weight is 210 g/mol. The summed E-state index contributed by atoms with van der Waals surface area (Å²) in [5.41, 5.74) is -1.56. The number of carbonyl (C=O) groups is 2. The Kier molecular flexibility index (Phi) is 0.715. The summed E-state index contributed by atoms with van der Waals surface area (Å²) in [6, 6.07) is -3.76. The standard InChI is InChI=1S/C10H15NO3/c1-4-5(2)8-9(13)7(6(3)12)10(14)11-8/h5,8,12H,4H2,1-3H3,(H,11,14)/b7-6-/t5-,8-/m0/s1/i1D3,2D3,3D3,4D2,5D,8D. The molecule has 1 aliphatic heterocycles. The second-order valence-corrected chi connectivity index (χ2v) is 2.38. The lowest BCUT2D eigenvalue weighted by Gasteiger charge is -2.14. The molecule has 2 atom stereocenters. The van der Waals surface area contributed by atoms with Gasteiger partial charge in [-0.2, -0.15) is 0 Å². The molecule has 1 heterocycles. The van der Waals surface area contributed by atoms with Crippen LogP contribution in [-0.2, 0) is 9.59 Å². The van der Waals surface area contributed by atoms with E-state index in [1.807, 2.05) is 0 Å². The molecule has 1 rings (SSSR count). The number of rotatable bonds is 2. The Balaban J connectivity index is 3.88. The summed E-state index contributed by atoms with van der Waals surface area (Å²) >= 11 is 0. The van der Waals surface area contributed by atoms with Gasteiger partial charge in [0.1, 0.15) is 11.3 Å². The SMILES string of the molecule is [2H]C([2H])([2H])/C(O)=C1/C(=O)N[C@@]([2H])([C@@]([2H])(C([2H])([2H])[2H])C([2H])([2H])C([2H])([2H])[2H])C1=O. The highest BCUT2D eigenvalue weighted by atomic mass is 16.3. The number of Topliss-reactive ketones (excluding diaryl/α,β-unsaturated/α-hetero) is 1. The van der Waals surface area contributed by atoms with E-state index < -0.39 is 61.9 Å². The molecule has 0 bridgehead atoms. The first-order valence-corrected chi connectivity index (χ1v) is 3.38. The van der Waals surface area contributed by atoms with Crippen LogP contribution in [0, 0.1) is 5.89 Å². The van der Waals surface area contributed by atoms with Gasteiger partial charge in [0, 0.05) is 16.4 Å². The highest BCUT2D eigenvalue weighted by molar-refractivity contribution is 6.26. The second kappa shape index (κ2) is 3.82. The first kappa shape index (κ1) is 2.62. The topological polar surface area (TPSA) is 66.4 Å². The lowest BCUT2D eigenvalue weighted by Crippen LogP contribution is -2.35. The van der Waals surface area contributed by atoms with Crippen molar-refractivity contribution in [1.29, 1.82) is 0 Å². The van der Waals surface area contributed by atoms with Crippen molar-refractivity contribution in [3.63, 3.8) is 0 Å². The van der Waals surface area contributed by atoms with E-state index >= 15 is 0 Å². The zero-order chi connectivity index (χ0) is 22.0. The van der Waals surface area contributed by atoms with Gasteiger partial charge in [-0.1, -0.05) is 20.1 Å². The normalized spacial score (nSPS) is 52.4. The number of hydrogen-bond donors (Lipinski definition) is 2. The van der Waals surface area contributed by atoms with Crippen molar-refractivity contribution >= 4 is 11.7 Å². The largest absolute Gasteiger partial charge is 0.512 e. The minimum absolute atomic E-state index is 1.38. The Hall–Kier alpha value is -1.32. The average Bonchev–Trinajstić information content (AvgIpc) is 2.64. The third-order valence-corrected chi connectivity index (χ3v) is 1.53. The predicted octanol–water partition coefficient (Wildman–Crippen LogP) is 0.932. The van der Waals surface area contributed by atoms with E-state index in [-0.39, 0.29) is 0 Å². The smallest absolute Gasteiger partial charge is 0.259 e. The third-order valence-electron chi connectivity index (χ3n) is 1.53. The maximum absolute atomic E-state index is 12.5. The molecule has 0 aromatic rings. The van der Waals surface area contributed by atoms with Gasteiger partial charge < -0.3 is 10.4 Å². The fourth-order valence-corrected chi connectivity index (χ4v) is 0.915. The summed E-state index contributed by atoms with van der Waals surface area (Å²) < 4.78 is 96.3. The molecule has 0 aromatic heterocycles. The molecule has 4 heteroatoms. The zero-order valence-electron chi connectivity index (χ0n) is 19.8. The summed E-state index contributed by atoms with van der Waals surface area (Å²) in [5.74, 6) is -9.67. The van der Waals surface area contributed by atoms with Crippen LogP contribution in [0.2, 0.25) is 0 Å². The summed E-state index contributed by atoms with van der Waals surface area (Å²) in [6.45, 7) is -11.2. The van der Waals surface area contributed by atoms with Gasteiger partial charge in [0.25, 0.3) is 5.91 Å². The monoisotopic (exact) mass is 210 g/mol. The number of aliphatic hydroxyl groups is 1. The summed E-state index contributed by atoms with van der Waals surface area (Å²) in [4.78, 5) is 24.5. The minimum Gasteiger partial charge on any atom is -0.512 e. The molecule has 0 radical (unpaired) electrons. The van der Waals surface area contributed by atoms with Gasteiger partial charge in [0.2, 0.25) is 0 Å². The molecular weight excluding hydrogens is 182 g/mol. The lowest BCUT2D eigenvalue weighted by molar-refractivity contribution is -0.117. The fraction of sp³-hybridized carbons (Fsp3) is 0.600. The van der Waals surface area contributed by atoms with Crippen molar-refractivity contribution in [3.8, 4) is 0 Å². The van der Waals surface area contributed by atoms with Crippen molar-refractivity contribution in [2.45, 2.75) is 32.9 Å². The van der Waals surface area contributed by atoms with E-state index in [2.05, 4.69) is 0 Å². The Morgan fingerprint density at radius 2 is 2.71 bits per heavy atom. The first-order valence-electron chi connectivity index (χ1n) is 9.88. The number of amides is 1. The summed E-state index contributed by atoms with van der Waals surface area (Å²) in [7, 11) is 0. The van der Waals surface area contributed by atoms with E-state index in [9.17, 15) is 14.7 Å². The van der Waals surface area contributed by atoms with Crippen LogP contribution in [-0.4, -0.2) is 22.8 Å². The van der Waals surface area contributed by atoms with Gasteiger partial charge in [0.15, 0.2) is 5.78 Å². The Bertz CT molecular complexity index is 703. The van der Waals surface area contributed by atoms with Gasteiger partial charge in [-0.15, -0.1) is 0 Å². The number of hydrogen-bond acceptors (Lipinski definition) is 3. The van der Waals surface area contributed by atoms with Crippen molar-refractivity contribution in [2.75, 3.05) is 0 Å². The number of carbonyl (C=O) groups excluding carboxylic acids is 2. The van der Waals surface area contributed by atoms with Crippen LogP contribution in [0.25, 0.3) is 0 Å². The Labute approximate surface area is 101 Å². The van der Waals surface area contributed by atoms with E-state index in [0.29, 0.717) is 0 Å². The van der Waals surface area contributed by atoms with E-state index in [0.717, 1.165) is 0 Å². The van der Waals surface area contributed by atoms with E-state index in [4.69, 9.17) is 17.8 Å². The van der Waals surface area contributed by atoms with Gasteiger partial charge >= 0.3 is 0 Å². The highest BCUT2D eigenvalue weighted by Gasteiger charge is 2.39. The number of nitrogens with one attached hydrogen (secondary N) is 1. The van der Waals surface area contributed by atoms with Crippen molar-refractivity contribution in [1.82, 2.24) is 5.32 Å². The van der Waals surface area contributed by atoms with Crippen LogP contribution in [0.15, 0.2) is 11.3 Å². The molecule has 1 amide bonds. The fourth-order valence-electron chi connectivity index (χ4n) is 0.915. The molecule has 4 nitrogen and oxygen atoms in total. The number of ketones is 1. The quantitative estimate of drug-likeness (QED) is 0.405. The Morgan fingerprint density at radius 1 is 1.93 bits per heavy atom. The molecule has 0 unspecified atom stereocenters. The van der Waals surface area contributed by atoms with Gasteiger partial charge in [-0.3, -0.25) is 9.59 Å². The van der Waals surface area contributed by atoms with Gasteiger partial charge in [-0.05, 0) is 12.7 Å². The maximum atomic E-state index is 12.5. The maximum Gasteiger partial charge on any atom is 0.259 e. The van der Waals surface area contributed by atoms with Gasteiger partial charge in [-0.25, -0.2) is 0 Å². The lowest BCUT2D eigenvalue weighted by atomic mass is 9.95. The van der Waals surface area contributed by atoms with Crippen molar-refractivity contribution < 1.29 is 32.5 Å². The Morgan fingerprint density at radius 3 is 3.29 bits per heavy atom. The van der Waals surface area contributed by atoms with E-state index in [1.165, 1.54) is 5.32 Å². The van der Waals surface area contributed by atoms with E-state index in [1.54, 1.807) is 0 Å². The van der Waals surface area contributed by atoms with Crippen LogP contribution in [0.3, 0.4) is 0 Å². The second-order valence-electron chi connectivity index (χ2n) is 2.38. The first-order chi connectivity index (χ1) is 11.6. The molecule has 0 aliphatic carbocycles. The molecule has 1 aliphatic rings. The predicted molar refractivity (Wildman–Crippen MR) is 51.7 cm³/mol. The molecule has 78 valence electrons. The van der Waals surface area contributed by atoms with Crippen molar-refractivity contribution in [2.24, 2.45) is 5.89 Å². The van der Waals surface area contributed by atoms with Gasteiger partial charge in [0.05, 0.1) is 7.39 Å². The summed E-state index contributed by atoms with van der Waals surface area (Å²) in [5, 5.41) is 11.0. The molecule has 2 N–H and O–H groups in total. The van der Waals surface area contributed by atoms with Crippen LogP contribution in [0.1, 0.15) is 44.7 Å². The van der Waals surface area contributed by atoms with Crippen LogP contribution in [0.4, 0.5) is 0 Å².